The van der Waals surface area contributed by atoms with Crippen LogP contribution >= 0.6 is 0 Å². The van der Waals surface area contributed by atoms with Gasteiger partial charge in [0.25, 0.3) is 6.47 Å². The Kier molecular flexibility index (Phi) is 9.31. The summed E-state index contributed by atoms with van der Waals surface area (Å²) < 4.78 is 10.0. The zero-order valence-corrected chi connectivity index (χ0v) is 13.9. The fraction of sp³-hybridized carbons (Fsp3) is 0.375. The van der Waals surface area contributed by atoms with E-state index in [9.17, 15) is 9.59 Å². The molecular formula is C16H21N3O6. The Morgan fingerprint density at radius 2 is 2.08 bits per heavy atom. The minimum absolute atomic E-state index is 0.250. The van der Waals surface area contributed by atoms with E-state index in [1.165, 1.54) is 0 Å². The number of hydrogen-bond acceptors (Lipinski definition) is 7. The molecule has 2 heterocycles. The zero-order valence-electron chi connectivity index (χ0n) is 13.9. The number of hydrogen-bond donors (Lipinski definition) is 2. The van der Waals surface area contributed by atoms with Crippen LogP contribution < -0.4 is 10.2 Å². The molecule has 1 saturated heterocycles. The second kappa shape index (κ2) is 11.6. The van der Waals surface area contributed by atoms with Gasteiger partial charge in [0.1, 0.15) is 5.82 Å². The maximum atomic E-state index is 11.7. The molecule has 25 heavy (non-hydrogen) atoms. The molecular weight excluding hydrogens is 330 g/mol. The van der Waals surface area contributed by atoms with E-state index in [2.05, 4.69) is 15.2 Å². The number of carbonyl (C=O) groups excluding carboxylic acids is 2. The number of carboxylic acid groups (broad SMARTS) is 1. The standard InChI is InChI=1S/C15H19N3O4.CH2O2/c1-2-22-15(20)4-3-14(19)17-12-5-6-16-13(11-12)18-7-9-21-10-8-18;2-1-3/h3-6,11H,2,7-10H2,1H3,(H,16,17,19);1H,(H,2,3)/b4-3+;. The van der Waals surface area contributed by atoms with Gasteiger partial charge in [-0.15, -0.1) is 0 Å². The number of aromatic nitrogens is 1. The van der Waals surface area contributed by atoms with Gasteiger partial charge in [-0.05, 0) is 13.0 Å². The van der Waals surface area contributed by atoms with Gasteiger partial charge in [0.2, 0.25) is 5.91 Å². The van der Waals surface area contributed by atoms with E-state index < -0.39 is 11.9 Å². The number of rotatable bonds is 5. The quantitative estimate of drug-likeness (QED) is 0.452. The van der Waals surface area contributed by atoms with Gasteiger partial charge in [-0.1, -0.05) is 0 Å². The molecule has 1 amide bonds. The second-order valence-electron chi connectivity index (χ2n) is 4.68. The van der Waals surface area contributed by atoms with Crippen molar-refractivity contribution < 1.29 is 29.0 Å². The molecule has 1 aromatic rings. The summed E-state index contributed by atoms with van der Waals surface area (Å²) in [5.74, 6) is -0.149. The average molecular weight is 351 g/mol. The number of amides is 1. The third-order valence-electron chi connectivity index (χ3n) is 3.01. The predicted molar refractivity (Wildman–Crippen MR) is 90.4 cm³/mol. The maximum Gasteiger partial charge on any atom is 0.330 e. The van der Waals surface area contributed by atoms with Crippen LogP contribution in [0.1, 0.15) is 6.92 Å². The second-order valence-corrected chi connectivity index (χ2v) is 4.68. The SMILES string of the molecule is CCOC(=O)/C=C/C(=O)Nc1ccnc(N2CCOCC2)c1.O=CO. The monoisotopic (exact) mass is 351 g/mol. The third kappa shape index (κ3) is 7.93. The van der Waals surface area contributed by atoms with Crippen LogP contribution in [-0.4, -0.2) is 61.3 Å². The van der Waals surface area contributed by atoms with Crippen molar-refractivity contribution >= 4 is 29.9 Å². The topological polar surface area (TPSA) is 118 Å². The molecule has 0 aliphatic carbocycles. The fourth-order valence-electron chi connectivity index (χ4n) is 1.98. The minimum Gasteiger partial charge on any atom is -0.483 e. The highest BCUT2D eigenvalue weighted by Gasteiger charge is 2.12. The Morgan fingerprint density at radius 3 is 2.72 bits per heavy atom. The van der Waals surface area contributed by atoms with E-state index in [1.54, 1.807) is 25.3 Å². The first-order valence-electron chi connectivity index (χ1n) is 7.63. The van der Waals surface area contributed by atoms with E-state index in [-0.39, 0.29) is 13.1 Å². The molecule has 0 saturated carbocycles. The van der Waals surface area contributed by atoms with Crippen LogP contribution in [0.3, 0.4) is 0 Å². The maximum absolute atomic E-state index is 11.7. The normalized spacial score (nSPS) is 13.6. The van der Waals surface area contributed by atoms with E-state index >= 15 is 0 Å². The van der Waals surface area contributed by atoms with Crippen molar-refractivity contribution in [3.63, 3.8) is 0 Å². The van der Waals surface area contributed by atoms with Gasteiger partial charge < -0.3 is 24.8 Å². The van der Waals surface area contributed by atoms with E-state index in [1.807, 2.05) is 0 Å². The predicted octanol–water partition coefficient (Wildman–Crippen LogP) is 0.677. The van der Waals surface area contributed by atoms with E-state index in [0.717, 1.165) is 31.1 Å². The number of carbonyl (C=O) groups is 3. The van der Waals surface area contributed by atoms with Crippen molar-refractivity contribution in [2.45, 2.75) is 6.92 Å². The molecule has 9 heteroatoms. The van der Waals surface area contributed by atoms with Crippen LogP contribution in [0, 0.1) is 0 Å². The number of pyridine rings is 1. The summed E-state index contributed by atoms with van der Waals surface area (Å²) >= 11 is 0. The first-order chi connectivity index (χ1) is 12.1. The summed E-state index contributed by atoms with van der Waals surface area (Å²) in [6.07, 6.45) is 3.88. The summed E-state index contributed by atoms with van der Waals surface area (Å²) in [4.78, 5) is 37.6. The van der Waals surface area contributed by atoms with E-state index in [4.69, 9.17) is 19.4 Å². The summed E-state index contributed by atoms with van der Waals surface area (Å²) in [5, 5.41) is 9.58. The molecule has 0 bridgehead atoms. The zero-order chi connectivity index (χ0) is 18.5. The molecule has 1 aromatic heterocycles. The lowest BCUT2D eigenvalue weighted by molar-refractivity contribution is -0.137. The molecule has 136 valence electrons. The Labute approximate surface area is 145 Å². The molecule has 0 spiro atoms. The fourth-order valence-corrected chi connectivity index (χ4v) is 1.98. The molecule has 9 nitrogen and oxygen atoms in total. The Balaban J connectivity index is 0.000000970. The third-order valence-corrected chi connectivity index (χ3v) is 3.01. The molecule has 1 fully saturated rings. The van der Waals surface area contributed by atoms with Crippen LogP contribution in [0.2, 0.25) is 0 Å². The number of ether oxygens (including phenoxy) is 2. The van der Waals surface area contributed by atoms with Crippen molar-refractivity contribution in [1.82, 2.24) is 4.98 Å². The van der Waals surface area contributed by atoms with Gasteiger partial charge in [0.15, 0.2) is 0 Å². The van der Waals surface area contributed by atoms with Crippen molar-refractivity contribution in [3.8, 4) is 0 Å². The first-order valence-corrected chi connectivity index (χ1v) is 7.63. The molecule has 0 radical (unpaired) electrons. The molecule has 1 aliphatic rings. The van der Waals surface area contributed by atoms with Gasteiger partial charge >= 0.3 is 5.97 Å². The van der Waals surface area contributed by atoms with Gasteiger partial charge in [0.05, 0.1) is 19.8 Å². The van der Waals surface area contributed by atoms with Crippen molar-refractivity contribution in [1.29, 1.82) is 0 Å². The van der Waals surface area contributed by atoms with Gasteiger partial charge in [-0.2, -0.15) is 0 Å². The lowest BCUT2D eigenvalue weighted by Crippen LogP contribution is -2.36. The number of morpholine rings is 1. The number of anilines is 2. The van der Waals surface area contributed by atoms with Crippen LogP contribution in [0.15, 0.2) is 30.5 Å². The Hall–Kier alpha value is -2.94. The smallest absolute Gasteiger partial charge is 0.330 e. The minimum atomic E-state index is -0.540. The van der Waals surface area contributed by atoms with Gasteiger partial charge in [0, 0.05) is 43.2 Å². The highest BCUT2D eigenvalue weighted by Crippen LogP contribution is 2.17. The van der Waals surface area contributed by atoms with Gasteiger partial charge in [-0.25, -0.2) is 9.78 Å². The van der Waals surface area contributed by atoms with Crippen molar-refractivity contribution in [2.24, 2.45) is 0 Å². The Morgan fingerprint density at radius 1 is 1.40 bits per heavy atom. The molecule has 0 atom stereocenters. The number of esters is 1. The van der Waals surface area contributed by atoms with Crippen molar-refractivity contribution in [3.05, 3.63) is 30.5 Å². The molecule has 2 N–H and O–H groups in total. The molecule has 2 rings (SSSR count). The summed E-state index contributed by atoms with van der Waals surface area (Å²) in [6.45, 7) is 4.61. The summed E-state index contributed by atoms with van der Waals surface area (Å²) in [6, 6.07) is 3.49. The number of nitrogens with one attached hydrogen (secondary N) is 1. The largest absolute Gasteiger partial charge is 0.483 e. The Bertz CT molecular complexity index is 599. The summed E-state index contributed by atoms with van der Waals surface area (Å²) in [5.41, 5.74) is 0.620. The lowest BCUT2D eigenvalue weighted by atomic mass is 10.3. The summed E-state index contributed by atoms with van der Waals surface area (Å²) in [7, 11) is 0. The lowest BCUT2D eigenvalue weighted by Gasteiger charge is -2.27. The highest BCUT2D eigenvalue weighted by atomic mass is 16.5. The van der Waals surface area contributed by atoms with Crippen LogP contribution in [0.4, 0.5) is 11.5 Å². The van der Waals surface area contributed by atoms with E-state index in [0.29, 0.717) is 18.9 Å². The van der Waals surface area contributed by atoms with Crippen molar-refractivity contribution in [2.75, 3.05) is 43.1 Å². The van der Waals surface area contributed by atoms with Crippen LogP contribution in [0.25, 0.3) is 0 Å². The van der Waals surface area contributed by atoms with Gasteiger partial charge in [-0.3, -0.25) is 9.59 Å². The van der Waals surface area contributed by atoms with Crippen LogP contribution in [0.5, 0.6) is 0 Å². The molecule has 0 aromatic carbocycles. The highest BCUT2D eigenvalue weighted by molar-refractivity contribution is 6.02. The first kappa shape index (κ1) is 20.1. The average Bonchev–Trinajstić information content (AvgIpc) is 2.62. The van der Waals surface area contributed by atoms with Crippen LogP contribution in [-0.2, 0) is 23.9 Å². The molecule has 0 unspecified atom stereocenters. The molecule has 1 aliphatic heterocycles. The number of nitrogens with zero attached hydrogens (tertiary/aromatic N) is 2.